The van der Waals surface area contributed by atoms with Crippen LogP contribution in [-0.2, 0) is 19.3 Å². The van der Waals surface area contributed by atoms with Crippen molar-refractivity contribution in [3.8, 4) is 22.4 Å². The Labute approximate surface area is 179 Å². The second kappa shape index (κ2) is 7.65. The Hall–Kier alpha value is -3.47. The van der Waals surface area contributed by atoms with Gasteiger partial charge in [-0.2, -0.15) is 13.2 Å². The SMILES string of the molecule is FC(F)(F)c1cccc(N2CCn3c(-c4ccccc4)cc(-c4ccccc4)c3C2)c1. The summed E-state index contributed by atoms with van der Waals surface area (Å²) >= 11 is 0. The molecule has 0 spiro atoms. The molecule has 0 bridgehead atoms. The fourth-order valence-electron chi connectivity index (χ4n) is 4.31. The van der Waals surface area contributed by atoms with Gasteiger partial charge in [0.15, 0.2) is 0 Å². The fraction of sp³-hybridized carbons (Fsp3) is 0.154. The van der Waals surface area contributed by atoms with Gasteiger partial charge in [0.05, 0.1) is 12.1 Å². The van der Waals surface area contributed by atoms with E-state index >= 15 is 0 Å². The van der Waals surface area contributed by atoms with Crippen molar-refractivity contribution in [2.24, 2.45) is 0 Å². The standard InChI is InChI=1S/C26H21F3N2/c27-26(28,29)21-12-7-13-22(16-21)30-14-15-31-24(20-10-5-2-6-11-20)17-23(25(31)18-30)19-8-3-1-4-9-19/h1-13,16-17H,14-15,18H2. The summed E-state index contributed by atoms with van der Waals surface area (Å²) in [4.78, 5) is 2.03. The average Bonchev–Trinajstić information content (AvgIpc) is 3.19. The topological polar surface area (TPSA) is 8.17 Å². The van der Waals surface area contributed by atoms with Crippen LogP contribution in [0.1, 0.15) is 11.3 Å². The van der Waals surface area contributed by atoms with Gasteiger partial charge in [0.1, 0.15) is 0 Å². The maximum absolute atomic E-state index is 13.2. The van der Waals surface area contributed by atoms with Crippen molar-refractivity contribution in [3.63, 3.8) is 0 Å². The molecule has 0 aliphatic carbocycles. The molecule has 5 heteroatoms. The molecule has 0 saturated heterocycles. The molecule has 0 atom stereocenters. The molecule has 0 saturated carbocycles. The summed E-state index contributed by atoms with van der Waals surface area (Å²) in [6, 6.07) is 28.2. The van der Waals surface area contributed by atoms with Crippen molar-refractivity contribution in [1.82, 2.24) is 4.57 Å². The van der Waals surface area contributed by atoms with Crippen molar-refractivity contribution in [3.05, 3.63) is 102 Å². The second-order valence-electron chi connectivity index (χ2n) is 7.74. The third-order valence-corrected chi connectivity index (χ3v) is 5.84. The van der Waals surface area contributed by atoms with Gasteiger partial charge in [-0.1, -0.05) is 66.7 Å². The number of fused-ring (bicyclic) bond motifs is 1. The zero-order chi connectivity index (χ0) is 21.4. The van der Waals surface area contributed by atoms with Crippen LogP contribution < -0.4 is 4.90 Å². The summed E-state index contributed by atoms with van der Waals surface area (Å²) < 4.78 is 42.0. The summed E-state index contributed by atoms with van der Waals surface area (Å²) in [5.41, 5.74) is 5.61. The van der Waals surface area contributed by atoms with Crippen molar-refractivity contribution in [1.29, 1.82) is 0 Å². The molecule has 1 aliphatic rings. The van der Waals surface area contributed by atoms with Crippen LogP contribution in [-0.4, -0.2) is 11.1 Å². The van der Waals surface area contributed by atoms with E-state index in [1.54, 1.807) is 6.07 Å². The first kappa shape index (κ1) is 19.5. The van der Waals surface area contributed by atoms with Crippen LogP contribution in [0.4, 0.5) is 18.9 Å². The van der Waals surface area contributed by atoms with Crippen LogP contribution >= 0.6 is 0 Å². The Balaban J connectivity index is 1.58. The molecule has 31 heavy (non-hydrogen) atoms. The van der Waals surface area contributed by atoms with Gasteiger partial charge in [-0.05, 0) is 35.4 Å². The zero-order valence-corrected chi connectivity index (χ0v) is 16.8. The smallest absolute Gasteiger partial charge is 0.364 e. The minimum absolute atomic E-state index is 0.554. The molecule has 0 radical (unpaired) electrons. The van der Waals surface area contributed by atoms with E-state index in [0.29, 0.717) is 25.3 Å². The lowest BCUT2D eigenvalue weighted by molar-refractivity contribution is -0.137. The normalized spacial score (nSPS) is 13.8. The number of halogens is 3. The Morgan fingerprint density at radius 1 is 0.677 bits per heavy atom. The van der Waals surface area contributed by atoms with E-state index in [2.05, 4.69) is 34.9 Å². The summed E-state index contributed by atoms with van der Waals surface area (Å²) in [7, 11) is 0. The lowest BCUT2D eigenvalue weighted by Gasteiger charge is -2.32. The van der Waals surface area contributed by atoms with Crippen LogP contribution in [0.15, 0.2) is 91.0 Å². The third-order valence-electron chi connectivity index (χ3n) is 5.84. The van der Waals surface area contributed by atoms with E-state index in [-0.39, 0.29) is 0 Å². The summed E-state index contributed by atoms with van der Waals surface area (Å²) in [6.07, 6.45) is -4.35. The van der Waals surface area contributed by atoms with Crippen LogP contribution in [0.25, 0.3) is 22.4 Å². The first-order valence-electron chi connectivity index (χ1n) is 10.3. The Morgan fingerprint density at radius 2 is 1.35 bits per heavy atom. The lowest BCUT2D eigenvalue weighted by atomic mass is 10.0. The van der Waals surface area contributed by atoms with Gasteiger partial charge in [-0.15, -0.1) is 0 Å². The van der Waals surface area contributed by atoms with Crippen LogP contribution in [0, 0.1) is 0 Å². The van der Waals surface area contributed by atoms with E-state index in [0.717, 1.165) is 34.1 Å². The van der Waals surface area contributed by atoms with Gasteiger partial charge >= 0.3 is 6.18 Å². The predicted molar refractivity (Wildman–Crippen MR) is 118 cm³/mol. The molecule has 4 aromatic rings. The molecule has 0 fully saturated rings. The highest BCUT2D eigenvalue weighted by molar-refractivity contribution is 5.76. The highest BCUT2D eigenvalue weighted by atomic mass is 19.4. The minimum Gasteiger partial charge on any atom is -0.364 e. The molecule has 2 nitrogen and oxygen atoms in total. The van der Waals surface area contributed by atoms with E-state index in [4.69, 9.17) is 0 Å². The number of aromatic nitrogens is 1. The number of hydrogen-bond acceptors (Lipinski definition) is 1. The number of hydrogen-bond donors (Lipinski definition) is 0. The highest BCUT2D eigenvalue weighted by Gasteiger charge is 2.31. The quantitative estimate of drug-likeness (QED) is 0.353. The molecular formula is C26H21F3N2. The van der Waals surface area contributed by atoms with E-state index in [9.17, 15) is 13.2 Å². The van der Waals surface area contributed by atoms with Gasteiger partial charge in [0.2, 0.25) is 0 Å². The fourth-order valence-corrected chi connectivity index (χ4v) is 4.31. The van der Waals surface area contributed by atoms with Crippen LogP contribution in [0.2, 0.25) is 0 Å². The summed E-state index contributed by atoms with van der Waals surface area (Å²) in [5, 5.41) is 0. The Bertz CT molecular complexity index is 1190. The summed E-state index contributed by atoms with van der Waals surface area (Å²) in [5.74, 6) is 0. The average molecular weight is 418 g/mol. The van der Waals surface area contributed by atoms with Crippen LogP contribution in [0.5, 0.6) is 0 Å². The van der Waals surface area contributed by atoms with E-state index in [1.807, 2.05) is 41.3 Å². The third kappa shape index (κ3) is 3.72. The number of anilines is 1. The maximum Gasteiger partial charge on any atom is 0.416 e. The van der Waals surface area contributed by atoms with E-state index in [1.165, 1.54) is 12.1 Å². The van der Waals surface area contributed by atoms with Crippen molar-refractivity contribution >= 4 is 5.69 Å². The van der Waals surface area contributed by atoms with Crippen molar-refractivity contribution in [2.75, 3.05) is 11.4 Å². The van der Waals surface area contributed by atoms with Crippen molar-refractivity contribution < 1.29 is 13.2 Å². The number of nitrogens with zero attached hydrogens (tertiary/aromatic N) is 2. The first-order chi connectivity index (χ1) is 15.0. The molecule has 1 aromatic heterocycles. The molecule has 3 aromatic carbocycles. The maximum atomic E-state index is 13.2. The predicted octanol–water partition coefficient (Wildman–Crippen LogP) is 6.86. The van der Waals surface area contributed by atoms with E-state index < -0.39 is 11.7 Å². The first-order valence-corrected chi connectivity index (χ1v) is 10.3. The number of benzene rings is 3. The molecule has 0 amide bonds. The molecule has 1 aliphatic heterocycles. The molecule has 2 heterocycles. The number of alkyl halides is 3. The largest absolute Gasteiger partial charge is 0.416 e. The second-order valence-corrected chi connectivity index (χ2v) is 7.74. The van der Waals surface area contributed by atoms with Gasteiger partial charge < -0.3 is 9.47 Å². The van der Waals surface area contributed by atoms with Gasteiger partial charge in [-0.3, -0.25) is 0 Å². The summed E-state index contributed by atoms with van der Waals surface area (Å²) in [6.45, 7) is 1.91. The Kier molecular flexibility index (Phi) is 4.81. The van der Waals surface area contributed by atoms with Gasteiger partial charge in [-0.25, -0.2) is 0 Å². The molecule has 156 valence electrons. The van der Waals surface area contributed by atoms with Gasteiger partial charge in [0, 0.05) is 35.7 Å². The monoisotopic (exact) mass is 418 g/mol. The molecular weight excluding hydrogens is 397 g/mol. The van der Waals surface area contributed by atoms with Gasteiger partial charge in [0.25, 0.3) is 0 Å². The molecule has 5 rings (SSSR count). The zero-order valence-electron chi connectivity index (χ0n) is 16.8. The Morgan fingerprint density at radius 3 is 2.03 bits per heavy atom. The lowest BCUT2D eigenvalue weighted by Crippen LogP contribution is -2.34. The number of rotatable bonds is 3. The molecule has 0 N–H and O–H groups in total. The molecule has 0 unspecified atom stereocenters. The minimum atomic E-state index is -4.35. The highest BCUT2D eigenvalue weighted by Crippen LogP contribution is 2.37. The van der Waals surface area contributed by atoms with Crippen LogP contribution in [0.3, 0.4) is 0 Å². The van der Waals surface area contributed by atoms with Crippen molar-refractivity contribution in [2.45, 2.75) is 19.3 Å².